The molecule has 7 nitrogen and oxygen atoms in total. The largest absolute Gasteiger partial charge is 0.377 e. The molecule has 3 rings (SSSR count). The Hall–Kier alpha value is -1.55. The van der Waals surface area contributed by atoms with Crippen LogP contribution in [0.4, 0.5) is 0 Å². The Kier molecular flexibility index (Phi) is 4.39. The van der Waals surface area contributed by atoms with Gasteiger partial charge in [0.1, 0.15) is 9.90 Å². The van der Waals surface area contributed by atoms with Gasteiger partial charge in [0.25, 0.3) is 5.56 Å². The first-order chi connectivity index (χ1) is 10.5. The van der Waals surface area contributed by atoms with E-state index in [1.807, 2.05) is 0 Å². The van der Waals surface area contributed by atoms with E-state index in [1.54, 1.807) is 12.1 Å². The number of hydrogen-bond acceptors (Lipinski definition) is 6. The molecule has 2 N–H and O–H groups in total. The van der Waals surface area contributed by atoms with Crippen molar-refractivity contribution in [3.05, 3.63) is 34.6 Å². The van der Waals surface area contributed by atoms with Crippen LogP contribution in [0.5, 0.6) is 0 Å². The topological polar surface area (TPSA) is 101 Å². The lowest BCUT2D eigenvalue weighted by Gasteiger charge is -2.10. The molecule has 1 unspecified atom stereocenters. The van der Waals surface area contributed by atoms with E-state index in [-0.39, 0.29) is 22.4 Å². The first kappa shape index (κ1) is 15.3. The molecule has 0 aromatic carbocycles. The maximum atomic E-state index is 12.3. The Bertz CT molecular complexity index is 786. The maximum absolute atomic E-state index is 12.3. The summed E-state index contributed by atoms with van der Waals surface area (Å²) in [4.78, 5) is 11.7. The lowest BCUT2D eigenvalue weighted by molar-refractivity contribution is 0.114. The van der Waals surface area contributed by atoms with Gasteiger partial charge in [-0.15, -0.1) is 11.3 Å². The van der Waals surface area contributed by atoms with Crippen molar-refractivity contribution in [1.82, 2.24) is 14.9 Å². The number of nitrogens with zero attached hydrogens (tertiary/aromatic N) is 1. The van der Waals surface area contributed by atoms with Crippen LogP contribution in [0.2, 0.25) is 0 Å². The summed E-state index contributed by atoms with van der Waals surface area (Å²) in [6.07, 6.45) is 1.79. The van der Waals surface area contributed by atoms with Gasteiger partial charge in [-0.05, 0) is 31.0 Å². The third-order valence-electron chi connectivity index (χ3n) is 3.30. The first-order valence-electron chi connectivity index (χ1n) is 6.82. The van der Waals surface area contributed by atoms with Crippen LogP contribution in [0.1, 0.15) is 12.8 Å². The molecule has 0 radical (unpaired) electrons. The zero-order chi connectivity index (χ0) is 15.6. The van der Waals surface area contributed by atoms with Crippen molar-refractivity contribution >= 4 is 21.4 Å². The van der Waals surface area contributed by atoms with Gasteiger partial charge >= 0.3 is 0 Å². The van der Waals surface area contributed by atoms with Crippen molar-refractivity contribution in [2.24, 2.45) is 0 Å². The fourth-order valence-electron chi connectivity index (χ4n) is 2.16. The van der Waals surface area contributed by atoms with Gasteiger partial charge in [0.05, 0.1) is 11.0 Å². The number of ether oxygens (including phenoxy) is 1. The summed E-state index contributed by atoms with van der Waals surface area (Å²) in [5, 5.41) is 6.22. The molecule has 0 aliphatic carbocycles. The third-order valence-corrected chi connectivity index (χ3v) is 6.33. The Morgan fingerprint density at radius 1 is 1.36 bits per heavy atom. The van der Waals surface area contributed by atoms with Crippen LogP contribution >= 0.6 is 11.3 Å². The number of rotatable bonds is 5. The number of H-pyrrole nitrogens is 1. The van der Waals surface area contributed by atoms with Gasteiger partial charge in [-0.3, -0.25) is 4.79 Å². The average molecular weight is 341 g/mol. The van der Waals surface area contributed by atoms with Crippen molar-refractivity contribution < 1.29 is 13.2 Å². The van der Waals surface area contributed by atoms with Crippen LogP contribution in [0.3, 0.4) is 0 Å². The van der Waals surface area contributed by atoms with Gasteiger partial charge in [-0.25, -0.2) is 18.2 Å². The fraction of sp³-hybridized carbons (Fsp3) is 0.385. The Balaban J connectivity index is 1.74. The van der Waals surface area contributed by atoms with Crippen LogP contribution < -0.4 is 10.3 Å². The van der Waals surface area contributed by atoms with Crippen LogP contribution in [0.15, 0.2) is 33.3 Å². The molecule has 2 aromatic rings. The smallest absolute Gasteiger partial charge is 0.264 e. The summed E-state index contributed by atoms with van der Waals surface area (Å²) in [5.74, 6) is 0. The van der Waals surface area contributed by atoms with E-state index in [2.05, 4.69) is 14.9 Å². The van der Waals surface area contributed by atoms with E-state index in [0.717, 1.165) is 24.2 Å². The second-order valence-corrected chi connectivity index (χ2v) is 7.99. The molecule has 1 atom stereocenters. The molecule has 1 aliphatic heterocycles. The molecule has 0 bridgehead atoms. The molecular weight excluding hydrogens is 326 g/mol. The van der Waals surface area contributed by atoms with Crippen LogP contribution in [0, 0.1) is 0 Å². The Labute approximate surface area is 131 Å². The lowest BCUT2D eigenvalue weighted by atomic mass is 10.2. The molecule has 1 fully saturated rings. The van der Waals surface area contributed by atoms with Gasteiger partial charge < -0.3 is 4.74 Å². The summed E-state index contributed by atoms with van der Waals surface area (Å²) < 4.78 is 32.7. The second kappa shape index (κ2) is 6.29. The average Bonchev–Trinajstić information content (AvgIpc) is 3.18. The van der Waals surface area contributed by atoms with Crippen molar-refractivity contribution in [3.8, 4) is 10.6 Å². The highest BCUT2D eigenvalue weighted by molar-refractivity contribution is 7.91. The normalized spacial score (nSPS) is 18.6. The van der Waals surface area contributed by atoms with E-state index in [9.17, 15) is 13.2 Å². The summed E-state index contributed by atoms with van der Waals surface area (Å²) in [5.41, 5.74) is 0.233. The van der Waals surface area contributed by atoms with Crippen molar-refractivity contribution in [2.75, 3.05) is 13.2 Å². The van der Waals surface area contributed by atoms with Crippen molar-refractivity contribution in [1.29, 1.82) is 0 Å². The molecule has 0 amide bonds. The number of sulfonamides is 1. The monoisotopic (exact) mass is 341 g/mol. The van der Waals surface area contributed by atoms with Gasteiger partial charge in [0.15, 0.2) is 0 Å². The first-order valence-corrected chi connectivity index (χ1v) is 9.12. The predicted octanol–water partition coefficient (Wildman–Crippen LogP) is 0.956. The van der Waals surface area contributed by atoms with Gasteiger partial charge in [0, 0.05) is 19.2 Å². The maximum Gasteiger partial charge on any atom is 0.264 e. The van der Waals surface area contributed by atoms with Crippen molar-refractivity contribution in [3.63, 3.8) is 0 Å². The van der Waals surface area contributed by atoms with Gasteiger partial charge in [-0.2, -0.15) is 5.10 Å². The summed E-state index contributed by atoms with van der Waals surface area (Å²) in [6.45, 7) is 0.972. The van der Waals surface area contributed by atoms with E-state index >= 15 is 0 Å². The quantitative estimate of drug-likeness (QED) is 0.843. The fourth-order valence-corrected chi connectivity index (χ4v) is 4.55. The SMILES string of the molecule is O=c1ccc(-c2ccc(S(=O)(=O)NCC3CCCO3)s2)n[nH]1. The predicted molar refractivity (Wildman–Crippen MR) is 82.3 cm³/mol. The summed E-state index contributed by atoms with van der Waals surface area (Å²) >= 11 is 1.11. The van der Waals surface area contributed by atoms with E-state index in [4.69, 9.17) is 4.74 Å². The number of nitrogens with one attached hydrogen (secondary N) is 2. The molecular formula is C13H15N3O4S2. The minimum atomic E-state index is -3.55. The minimum absolute atomic E-state index is 0.0462. The molecule has 22 heavy (non-hydrogen) atoms. The van der Waals surface area contributed by atoms with Crippen LogP contribution in [-0.4, -0.2) is 37.9 Å². The van der Waals surface area contributed by atoms with E-state index in [0.29, 0.717) is 17.2 Å². The van der Waals surface area contributed by atoms with E-state index in [1.165, 1.54) is 12.1 Å². The van der Waals surface area contributed by atoms with Crippen LogP contribution in [-0.2, 0) is 14.8 Å². The zero-order valence-electron chi connectivity index (χ0n) is 11.6. The molecule has 1 saturated heterocycles. The van der Waals surface area contributed by atoms with Gasteiger partial charge in [-0.1, -0.05) is 0 Å². The molecule has 0 saturated carbocycles. The Morgan fingerprint density at radius 2 is 2.23 bits per heavy atom. The highest BCUT2D eigenvalue weighted by Gasteiger charge is 2.21. The Morgan fingerprint density at radius 3 is 2.91 bits per heavy atom. The highest BCUT2D eigenvalue weighted by atomic mass is 32.2. The van der Waals surface area contributed by atoms with E-state index < -0.39 is 10.0 Å². The zero-order valence-corrected chi connectivity index (χ0v) is 13.2. The molecule has 9 heteroatoms. The lowest BCUT2D eigenvalue weighted by Crippen LogP contribution is -2.31. The second-order valence-electron chi connectivity index (χ2n) is 4.91. The minimum Gasteiger partial charge on any atom is -0.377 e. The van der Waals surface area contributed by atoms with Crippen LogP contribution in [0.25, 0.3) is 10.6 Å². The third kappa shape index (κ3) is 3.43. The van der Waals surface area contributed by atoms with Gasteiger partial charge in [0.2, 0.25) is 10.0 Å². The molecule has 3 heterocycles. The number of thiophene rings is 1. The summed E-state index contributed by atoms with van der Waals surface area (Å²) in [6, 6.07) is 6.11. The molecule has 2 aromatic heterocycles. The number of hydrogen-bond donors (Lipinski definition) is 2. The standard InChI is InChI=1S/C13H15N3O4S2/c17-12-5-3-10(15-16-12)11-4-6-13(21-11)22(18,19)14-8-9-2-1-7-20-9/h3-6,9,14H,1-2,7-8H2,(H,16,17). The molecule has 0 spiro atoms. The van der Waals surface area contributed by atoms with Crippen molar-refractivity contribution in [2.45, 2.75) is 23.2 Å². The number of aromatic amines is 1. The molecule has 1 aliphatic rings. The summed E-state index contributed by atoms with van der Waals surface area (Å²) in [7, 11) is -3.55. The number of aromatic nitrogens is 2. The molecule has 118 valence electrons. The highest BCUT2D eigenvalue weighted by Crippen LogP contribution is 2.28.